The van der Waals surface area contributed by atoms with Gasteiger partial charge in [-0.3, -0.25) is 9.69 Å². The summed E-state index contributed by atoms with van der Waals surface area (Å²) in [5, 5.41) is 10.1. The Morgan fingerprint density at radius 3 is 2.57 bits per heavy atom. The van der Waals surface area contributed by atoms with Gasteiger partial charge in [0.15, 0.2) is 0 Å². The molecule has 0 bridgehead atoms. The number of aromatic nitrogens is 3. The first-order chi connectivity index (χ1) is 14.1. The molecule has 4 rings (SSSR count). The minimum atomic E-state index is -5.08. The molecule has 2 aliphatic rings. The smallest absolute Gasteiger partial charge is 0.475 e. The van der Waals surface area contributed by atoms with Gasteiger partial charge in [0.25, 0.3) is 5.91 Å². The quantitative estimate of drug-likeness (QED) is 0.762. The Hall–Kier alpha value is -2.82. The number of nitrogens with one attached hydrogen (secondary N) is 1. The van der Waals surface area contributed by atoms with Crippen LogP contribution in [0.3, 0.4) is 0 Å². The van der Waals surface area contributed by atoms with Crippen LogP contribution in [-0.2, 0) is 31.5 Å². The van der Waals surface area contributed by atoms with Gasteiger partial charge in [0.05, 0.1) is 25.0 Å². The van der Waals surface area contributed by atoms with Crippen molar-refractivity contribution < 1.29 is 27.9 Å². The van der Waals surface area contributed by atoms with Crippen molar-refractivity contribution in [2.75, 3.05) is 13.1 Å². The maximum atomic E-state index is 12.2. The molecule has 11 heteroatoms. The molecule has 1 aliphatic heterocycles. The number of carbonyl (C=O) groups is 2. The molecule has 0 atom stereocenters. The summed E-state index contributed by atoms with van der Waals surface area (Å²) in [5.74, 6) is -0.757. The summed E-state index contributed by atoms with van der Waals surface area (Å²) in [7, 11) is 1.88. The van der Waals surface area contributed by atoms with Crippen LogP contribution in [0.5, 0.6) is 0 Å². The molecule has 0 aromatic carbocycles. The topological polar surface area (TPSA) is 92.4 Å². The predicted molar refractivity (Wildman–Crippen MR) is 101 cm³/mol. The van der Waals surface area contributed by atoms with Gasteiger partial charge in [-0.2, -0.15) is 13.2 Å². The lowest BCUT2D eigenvalue weighted by Gasteiger charge is -2.28. The molecule has 8 nitrogen and oxygen atoms in total. The van der Waals surface area contributed by atoms with Crippen LogP contribution >= 0.6 is 0 Å². The molecular weight excluding hydrogens is 403 g/mol. The van der Waals surface area contributed by atoms with Crippen LogP contribution in [-0.4, -0.2) is 55.3 Å². The number of halogens is 3. The number of aryl methyl sites for hydroxylation is 1. The average Bonchev–Trinajstić information content (AvgIpc) is 3.23. The Morgan fingerprint density at radius 2 is 2.00 bits per heavy atom. The molecule has 1 aliphatic carbocycles. The minimum Gasteiger partial charge on any atom is -0.475 e. The van der Waals surface area contributed by atoms with Gasteiger partial charge in [0.2, 0.25) is 0 Å². The van der Waals surface area contributed by atoms with Gasteiger partial charge in [-0.15, -0.1) is 0 Å². The Kier molecular flexibility index (Phi) is 6.49. The van der Waals surface area contributed by atoms with Gasteiger partial charge < -0.3 is 19.6 Å². The molecule has 0 saturated heterocycles. The molecular formula is C19H24F3N5O3. The molecule has 1 saturated carbocycles. The molecule has 2 aromatic rings. The summed E-state index contributed by atoms with van der Waals surface area (Å²) in [4.78, 5) is 28.2. The second-order valence-corrected chi connectivity index (χ2v) is 7.49. The van der Waals surface area contributed by atoms with E-state index in [0.29, 0.717) is 12.2 Å². The van der Waals surface area contributed by atoms with Gasteiger partial charge in [0, 0.05) is 32.9 Å². The van der Waals surface area contributed by atoms with E-state index in [1.807, 2.05) is 36.1 Å². The highest BCUT2D eigenvalue weighted by atomic mass is 19.4. The molecule has 1 amide bonds. The lowest BCUT2D eigenvalue weighted by atomic mass is 10.3. The summed E-state index contributed by atoms with van der Waals surface area (Å²) in [6.45, 7) is 4.73. The molecule has 0 spiro atoms. The number of alkyl halides is 3. The predicted octanol–water partition coefficient (Wildman–Crippen LogP) is 2.01. The number of aliphatic carboxylic acids is 1. The standard InChI is InChI=1S/C17H23N5O.C2HF3O2/c1-20-6-2-3-15(20)17(23)19-10-14-9-18-16-12-21(7-8-22(14)16)11-13-4-5-13;3-2(4,5)1(6)7/h2-3,6,9,13H,4-5,7-8,10-12H2,1H3,(H,19,23);(H,6,7). The van der Waals surface area contributed by atoms with Crippen molar-refractivity contribution in [2.45, 2.75) is 38.7 Å². The lowest BCUT2D eigenvalue weighted by Crippen LogP contribution is -2.36. The molecule has 2 N–H and O–H groups in total. The van der Waals surface area contributed by atoms with Crippen molar-refractivity contribution in [3.8, 4) is 0 Å². The van der Waals surface area contributed by atoms with Crippen molar-refractivity contribution >= 4 is 11.9 Å². The van der Waals surface area contributed by atoms with E-state index in [9.17, 15) is 18.0 Å². The zero-order valence-corrected chi connectivity index (χ0v) is 16.5. The maximum Gasteiger partial charge on any atom is 0.490 e. The van der Waals surface area contributed by atoms with Crippen LogP contribution in [0.2, 0.25) is 0 Å². The fraction of sp³-hybridized carbons (Fsp3) is 0.526. The van der Waals surface area contributed by atoms with E-state index in [-0.39, 0.29) is 5.91 Å². The van der Waals surface area contributed by atoms with E-state index in [1.54, 1.807) is 0 Å². The number of carbonyl (C=O) groups excluding carboxylic acids is 1. The van der Waals surface area contributed by atoms with Crippen LogP contribution in [0, 0.1) is 5.92 Å². The molecule has 3 heterocycles. The highest BCUT2D eigenvalue weighted by Crippen LogP contribution is 2.30. The first-order valence-corrected chi connectivity index (χ1v) is 9.60. The van der Waals surface area contributed by atoms with Crippen LogP contribution in [0.15, 0.2) is 24.5 Å². The third-order valence-corrected chi connectivity index (χ3v) is 5.09. The monoisotopic (exact) mass is 427 g/mol. The number of nitrogens with zero attached hydrogens (tertiary/aromatic N) is 4. The first-order valence-electron chi connectivity index (χ1n) is 9.60. The summed E-state index contributed by atoms with van der Waals surface area (Å²) < 4.78 is 35.8. The zero-order valence-electron chi connectivity index (χ0n) is 16.5. The maximum absolute atomic E-state index is 12.2. The van der Waals surface area contributed by atoms with Gasteiger partial charge in [-0.1, -0.05) is 0 Å². The second-order valence-electron chi connectivity index (χ2n) is 7.49. The molecule has 2 aromatic heterocycles. The lowest BCUT2D eigenvalue weighted by molar-refractivity contribution is -0.192. The normalized spacial score (nSPS) is 16.4. The van der Waals surface area contributed by atoms with E-state index in [0.717, 1.165) is 37.1 Å². The van der Waals surface area contributed by atoms with Crippen molar-refractivity contribution in [1.29, 1.82) is 0 Å². The molecule has 1 fully saturated rings. The fourth-order valence-corrected chi connectivity index (χ4v) is 3.29. The number of hydrogen-bond acceptors (Lipinski definition) is 4. The van der Waals surface area contributed by atoms with Gasteiger partial charge >= 0.3 is 12.1 Å². The number of carboxylic acids is 1. The van der Waals surface area contributed by atoms with E-state index < -0.39 is 12.1 Å². The van der Waals surface area contributed by atoms with Crippen LogP contribution in [0.25, 0.3) is 0 Å². The largest absolute Gasteiger partial charge is 0.490 e. The Labute approximate surface area is 171 Å². The molecule has 30 heavy (non-hydrogen) atoms. The average molecular weight is 427 g/mol. The molecule has 0 unspecified atom stereocenters. The van der Waals surface area contributed by atoms with Crippen LogP contribution in [0.1, 0.15) is 34.8 Å². The summed E-state index contributed by atoms with van der Waals surface area (Å²) in [6.07, 6.45) is 1.48. The van der Waals surface area contributed by atoms with E-state index in [4.69, 9.17) is 9.90 Å². The third-order valence-electron chi connectivity index (χ3n) is 5.09. The van der Waals surface area contributed by atoms with Crippen molar-refractivity contribution in [1.82, 2.24) is 24.3 Å². The summed E-state index contributed by atoms with van der Waals surface area (Å²) in [6, 6.07) is 3.71. The van der Waals surface area contributed by atoms with Crippen LogP contribution in [0.4, 0.5) is 13.2 Å². The van der Waals surface area contributed by atoms with E-state index >= 15 is 0 Å². The number of carboxylic acid groups (broad SMARTS) is 1. The number of imidazole rings is 1. The third kappa shape index (κ3) is 5.62. The second kappa shape index (κ2) is 8.90. The molecule has 164 valence electrons. The summed E-state index contributed by atoms with van der Waals surface area (Å²) >= 11 is 0. The van der Waals surface area contributed by atoms with Crippen molar-refractivity contribution in [3.63, 3.8) is 0 Å². The minimum absolute atomic E-state index is 0.0424. The van der Waals surface area contributed by atoms with Crippen LogP contribution < -0.4 is 5.32 Å². The van der Waals surface area contributed by atoms with E-state index in [2.05, 4.69) is 19.8 Å². The van der Waals surface area contributed by atoms with Gasteiger partial charge in [0.1, 0.15) is 11.5 Å². The van der Waals surface area contributed by atoms with Gasteiger partial charge in [-0.25, -0.2) is 9.78 Å². The first kappa shape index (κ1) is 21.9. The highest BCUT2D eigenvalue weighted by Gasteiger charge is 2.38. The zero-order chi connectivity index (χ0) is 21.9. The molecule has 0 radical (unpaired) electrons. The highest BCUT2D eigenvalue weighted by molar-refractivity contribution is 5.92. The Balaban J connectivity index is 0.000000318. The summed E-state index contributed by atoms with van der Waals surface area (Å²) in [5.41, 5.74) is 1.77. The fourth-order valence-electron chi connectivity index (χ4n) is 3.29. The number of fused-ring (bicyclic) bond motifs is 1. The number of amides is 1. The van der Waals surface area contributed by atoms with Crippen molar-refractivity contribution in [3.05, 3.63) is 41.7 Å². The SMILES string of the molecule is Cn1cccc1C(=O)NCc1cnc2n1CCN(CC1CC1)C2.O=C(O)C(F)(F)F. The number of rotatable bonds is 5. The Morgan fingerprint density at radius 1 is 1.30 bits per heavy atom. The number of hydrogen-bond donors (Lipinski definition) is 2. The van der Waals surface area contributed by atoms with Crippen molar-refractivity contribution in [2.24, 2.45) is 13.0 Å². The van der Waals surface area contributed by atoms with Gasteiger partial charge in [-0.05, 0) is 30.9 Å². The Bertz CT molecular complexity index is 902. The van der Waals surface area contributed by atoms with E-state index in [1.165, 1.54) is 19.4 Å².